The van der Waals surface area contributed by atoms with Crippen molar-refractivity contribution < 1.29 is 9.84 Å². The summed E-state index contributed by atoms with van der Waals surface area (Å²) in [6.45, 7) is 1.50. The van der Waals surface area contributed by atoms with E-state index in [1.54, 1.807) is 6.07 Å². The summed E-state index contributed by atoms with van der Waals surface area (Å²) in [4.78, 5) is 0. The average molecular weight is 290 g/mol. The van der Waals surface area contributed by atoms with Crippen LogP contribution in [0.5, 0.6) is 0 Å². The minimum absolute atomic E-state index is 0.349. The molecule has 0 aromatic heterocycles. The van der Waals surface area contributed by atoms with E-state index in [9.17, 15) is 5.11 Å². The zero-order valence-corrected chi connectivity index (χ0v) is 11.5. The molecule has 1 aliphatic carbocycles. The Labute approximate surface area is 117 Å². The smallest absolute Gasteiger partial charge is 0.0945 e. The van der Waals surface area contributed by atoms with Crippen LogP contribution in [0.25, 0.3) is 0 Å². The van der Waals surface area contributed by atoms with Gasteiger partial charge in [-0.2, -0.15) is 0 Å². The number of hydrogen-bond donors (Lipinski definition) is 2. The number of benzene rings is 1. The van der Waals surface area contributed by atoms with Crippen molar-refractivity contribution in [2.45, 2.75) is 18.9 Å². The summed E-state index contributed by atoms with van der Waals surface area (Å²) in [5.41, 5.74) is 0.727. The maximum absolute atomic E-state index is 9.74. The van der Waals surface area contributed by atoms with Crippen molar-refractivity contribution in [2.24, 2.45) is 5.92 Å². The number of aliphatic hydroxyl groups is 1. The molecule has 18 heavy (non-hydrogen) atoms. The lowest BCUT2D eigenvalue weighted by molar-refractivity contribution is 0.0386. The number of nitrogens with one attached hydrogen (secondary N) is 1. The lowest BCUT2D eigenvalue weighted by Crippen LogP contribution is -2.25. The average Bonchev–Trinajstić information content (AvgIpc) is 3.15. The lowest BCUT2D eigenvalue weighted by Gasteiger charge is -2.14. The molecular formula is C13H17Cl2NO2. The first kappa shape index (κ1) is 13.9. The van der Waals surface area contributed by atoms with Crippen LogP contribution in [0.15, 0.2) is 18.2 Å². The van der Waals surface area contributed by atoms with Gasteiger partial charge in [0, 0.05) is 13.2 Å². The molecule has 1 saturated carbocycles. The van der Waals surface area contributed by atoms with E-state index in [0.29, 0.717) is 29.1 Å². The first-order valence-corrected chi connectivity index (χ1v) is 6.86. The number of ether oxygens (including phenoxy) is 1. The van der Waals surface area contributed by atoms with Crippen molar-refractivity contribution in [3.05, 3.63) is 28.2 Å². The summed E-state index contributed by atoms with van der Waals surface area (Å²) in [7, 11) is 0. The molecule has 0 amide bonds. The number of aliphatic hydroxyl groups excluding tert-OH is 1. The zero-order valence-electron chi connectivity index (χ0n) is 10.0. The van der Waals surface area contributed by atoms with Gasteiger partial charge in [-0.05, 0) is 30.9 Å². The third kappa shape index (κ3) is 4.32. The predicted molar refractivity (Wildman–Crippen MR) is 74.5 cm³/mol. The van der Waals surface area contributed by atoms with Gasteiger partial charge in [0.05, 0.1) is 28.4 Å². The van der Waals surface area contributed by atoms with Crippen molar-refractivity contribution in [1.82, 2.24) is 0 Å². The number of hydrogen-bond acceptors (Lipinski definition) is 3. The van der Waals surface area contributed by atoms with Gasteiger partial charge in [-0.3, -0.25) is 0 Å². The van der Waals surface area contributed by atoms with Crippen molar-refractivity contribution in [3.63, 3.8) is 0 Å². The highest BCUT2D eigenvalue weighted by Gasteiger charge is 2.21. The Morgan fingerprint density at radius 1 is 1.39 bits per heavy atom. The molecule has 2 rings (SSSR count). The van der Waals surface area contributed by atoms with Gasteiger partial charge < -0.3 is 15.2 Å². The molecule has 1 aromatic rings. The fourth-order valence-electron chi connectivity index (χ4n) is 1.58. The standard InChI is InChI=1S/C13H17Cl2NO2/c14-11-2-1-3-12(13(11)15)16-6-10(17)8-18-7-9-4-5-9/h1-3,9-10,16-17H,4-8H2. The highest BCUT2D eigenvalue weighted by atomic mass is 35.5. The normalized spacial score (nSPS) is 16.6. The van der Waals surface area contributed by atoms with Gasteiger partial charge in [0.1, 0.15) is 0 Å². The summed E-state index contributed by atoms with van der Waals surface area (Å²) in [5.74, 6) is 0.715. The van der Waals surface area contributed by atoms with Crippen LogP contribution in [0.4, 0.5) is 5.69 Å². The van der Waals surface area contributed by atoms with Crippen LogP contribution < -0.4 is 5.32 Å². The van der Waals surface area contributed by atoms with Crippen LogP contribution in [-0.4, -0.2) is 31.0 Å². The summed E-state index contributed by atoms with van der Waals surface area (Å²) >= 11 is 11.9. The second-order valence-electron chi connectivity index (χ2n) is 4.62. The van der Waals surface area contributed by atoms with Gasteiger partial charge in [0.2, 0.25) is 0 Å². The molecular weight excluding hydrogens is 273 g/mol. The van der Waals surface area contributed by atoms with E-state index in [1.807, 2.05) is 12.1 Å². The fourth-order valence-corrected chi connectivity index (χ4v) is 1.95. The van der Waals surface area contributed by atoms with E-state index in [0.717, 1.165) is 12.3 Å². The molecule has 0 spiro atoms. The van der Waals surface area contributed by atoms with E-state index in [-0.39, 0.29) is 0 Å². The molecule has 2 N–H and O–H groups in total. The van der Waals surface area contributed by atoms with Crippen molar-refractivity contribution in [2.75, 3.05) is 25.1 Å². The Morgan fingerprint density at radius 3 is 2.89 bits per heavy atom. The van der Waals surface area contributed by atoms with Crippen LogP contribution in [0, 0.1) is 5.92 Å². The van der Waals surface area contributed by atoms with E-state index < -0.39 is 6.10 Å². The van der Waals surface area contributed by atoms with Gasteiger partial charge in [-0.1, -0.05) is 29.3 Å². The summed E-state index contributed by atoms with van der Waals surface area (Å²) in [5, 5.41) is 13.8. The summed E-state index contributed by atoms with van der Waals surface area (Å²) < 4.78 is 5.41. The Kier molecular flexibility index (Phi) is 5.13. The fraction of sp³-hybridized carbons (Fsp3) is 0.538. The second kappa shape index (κ2) is 6.62. The summed E-state index contributed by atoms with van der Waals surface area (Å²) in [6, 6.07) is 5.36. The van der Waals surface area contributed by atoms with Crippen LogP contribution in [-0.2, 0) is 4.74 Å². The minimum Gasteiger partial charge on any atom is -0.389 e. The molecule has 1 atom stereocenters. The monoisotopic (exact) mass is 289 g/mol. The molecule has 1 unspecified atom stereocenters. The molecule has 3 nitrogen and oxygen atoms in total. The molecule has 0 bridgehead atoms. The SMILES string of the molecule is OC(CNc1cccc(Cl)c1Cl)COCC1CC1. The molecule has 0 saturated heterocycles. The Balaban J connectivity index is 1.70. The van der Waals surface area contributed by atoms with Crippen molar-refractivity contribution in [1.29, 1.82) is 0 Å². The van der Waals surface area contributed by atoms with Gasteiger partial charge in [0.25, 0.3) is 0 Å². The molecule has 0 radical (unpaired) electrons. The molecule has 100 valence electrons. The van der Waals surface area contributed by atoms with Crippen LogP contribution in [0.3, 0.4) is 0 Å². The highest BCUT2D eigenvalue weighted by Crippen LogP contribution is 2.30. The van der Waals surface area contributed by atoms with Gasteiger partial charge in [-0.25, -0.2) is 0 Å². The third-order valence-electron chi connectivity index (χ3n) is 2.84. The third-order valence-corrected chi connectivity index (χ3v) is 3.66. The maximum atomic E-state index is 9.74. The molecule has 0 heterocycles. The van der Waals surface area contributed by atoms with Gasteiger partial charge in [-0.15, -0.1) is 0 Å². The molecule has 1 aromatic carbocycles. The van der Waals surface area contributed by atoms with Crippen LogP contribution in [0.1, 0.15) is 12.8 Å². The Morgan fingerprint density at radius 2 is 2.17 bits per heavy atom. The van der Waals surface area contributed by atoms with E-state index in [1.165, 1.54) is 12.8 Å². The molecule has 5 heteroatoms. The first-order valence-electron chi connectivity index (χ1n) is 6.10. The predicted octanol–water partition coefficient (Wildman–Crippen LogP) is 3.19. The van der Waals surface area contributed by atoms with Crippen molar-refractivity contribution in [3.8, 4) is 0 Å². The Bertz CT molecular complexity index is 397. The highest BCUT2D eigenvalue weighted by molar-refractivity contribution is 6.43. The molecule has 1 fully saturated rings. The van der Waals surface area contributed by atoms with E-state index >= 15 is 0 Å². The zero-order chi connectivity index (χ0) is 13.0. The van der Waals surface area contributed by atoms with Crippen LogP contribution in [0.2, 0.25) is 10.0 Å². The number of halogens is 2. The summed E-state index contributed by atoms with van der Waals surface area (Å²) in [6.07, 6.45) is 1.97. The number of rotatable bonds is 7. The lowest BCUT2D eigenvalue weighted by atomic mass is 10.3. The topological polar surface area (TPSA) is 41.5 Å². The first-order chi connectivity index (χ1) is 8.66. The van der Waals surface area contributed by atoms with Crippen LogP contribution >= 0.6 is 23.2 Å². The quantitative estimate of drug-likeness (QED) is 0.810. The maximum Gasteiger partial charge on any atom is 0.0945 e. The Hall–Kier alpha value is -0.480. The number of anilines is 1. The van der Waals surface area contributed by atoms with Gasteiger partial charge >= 0.3 is 0 Å². The molecule has 0 aliphatic heterocycles. The van der Waals surface area contributed by atoms with E-state index in [4.69, 9.17) is 27.9 Å². The largest absolute Gasteiger partial charge is 0.389 e. The van der Waals surface area contributed by atoms with E-state index in [2.05, 4.69) is 5.32 Å². The molecule has 1 aliphatic rings. The van der Waals surface area contributed by atoms with Gasteiger partial charge in [0.15, 0.2) is 0 Å². The minimum atomic E-state index is -0.543. The second-order valence-corrected chi connectivity index (χ2v) is 5.40. The van der Waals surface area contributed by atoms with Crippen molar-refractivity contribution >= 4 is 28.9 Å².